The van der Waals surface area contributed by atoms with E-state index >= 15 is 0 Å². The van der Waals surface area contributed by atoms with Gasteiger partial charge in [0.05, 0.1) is 39.6 Å². The Bertz CT molecular complexity index is 128. The minimum atomic E-state index is -0.0570. The zero-order valence-corrected chi connectivity index (χ0v) is 9.83. The summed E-state index contributed by atoms with van der Waals surface area (Å²) < 4.78 is 21.1. The molecule has 1 aliphatic rings. The number of rotatable bonds is 8. The molecule has 0 saturated carbocycles. The van der Waals surface area contributed by atoms with Crippen molar-refractivity contribution in [2.75, 3.05) is 45.0 Å². The first-order valence-corrected chi connectivity index (χ1v) is 6.00. The first-order chi connectivity index (χ1) is 6.93. The SMILES string of the molecule is BrCCOCCOCCC1OCCO1. The fourth-order valence-electron chi connectivity index (χ4n) is 1.13. The van der Waals surface area contributed by atoms with Crippen molar-refractivity contribution in [2.24, 2.45) is 0 Å². The van der Waals surface area contributed by atoms with Gasteiger partial charge in [-0.25, -0.2) is 0 Å². The summed E-state index contributed by atoms with van der Waals surface area (Å²) in [5, 5.41) is 0.872. The van der Waals surface area contributed by atoms with Gasteiger partial charge in [-0.3, -0.25) is 0 Å². The number of hydrogen-bond donors (Lipinski definition) is 0. The fraction of sp³-hybridized carbons (Fsp3) is 1.00. The minimum Gasteiger partial charge on any atom is -0.379 e. The van der Waals surface area contributed by atoms with E-state index in [0.29, 0.717) is 33.0 Å². The van der Waals surface area contributed by atoms with Crippen LogP contribution in [0.5, 0.6) is 0 Å². The molecular weight excluding hydrogens is 252 g/mol. The Kier molecular flexibility index (Phi) is 7.62. The molecule has 5 heteroatoms. The van der Waals surface area contributed by atoms with Crippen LogP contribution in [0.3, 0.4) is 0 Å². The molecule has 0 aromatic heterocycles. The van der Waals surface area contributed by atoms with E-state index in [-0.39, 0.29) is 6.29 Å². The van der Waals surface area contributed by atoms with Crippen LogP contribution in [0.2, 0.25) is 0 Å². The van der Waals surface area contributed by atoms with Gasteiger partial charge < -0.3 is 18.9 Å². The highest BCUT2D eigenvalue weighted by Gasteiger charge is 2.14. The zero-order valence-electron chi connectivity index (χ0n) is 8.25. The largest absolute Gasteiger partial charge is 0.379 e. The molecule has 4 nitrogen and oxygen atoms in total. The molecule has 0 unspecified atom stereocenters. The van der Waals surface area contributed by atoms with Crippen molar-refractivity contribution < 1.29 is 18.9 Å². The number of halogens is 1. The second kappa shape index (κ2) is 8.61. The molecule has 0 atom stereocenters. The van der Waals surface area contributed by atoms with E-state index in [0.717, 1.165) is 18.4 Å². The lowest BCUT2D eigenvalue weighted by molar-refractivity contribution is -0.0646. The molecule has 0 radical (unpaired) electrons. The molecule has 0 spiro atoms. The molecule has 0 aromatic rings. The number of hydrogen-bond acceptors (Lipinski definition) is 4. The minimum absolute atomic E-state index is 0.0570. The lowest BCUT2D eigenvalue weighted by Crippen LogP contribution is -2.13. The van der Waals surface area contributed by atoms with Crippen LogP contribution in [-0.2, 0) is 18.9 Å². The highest BCUT2D eigenvalue weighted by molar-refractivity contribution is 9.09. The summed E-state index contributed by atoms with van der Waals surface area (Å²) in [4.78, 5) is 0. The topological polar surface area (TPSA) is 36.9 Å². The molecule has 1 rings (SSSR count). The first-order valence-electron chi connectivity index (χ1n) is 4.88. The molecule has 1 fully saturated rings. The third-order valence-corrected chi connectivity index (χ3v) is 2.11. The molecule has 1 aliphatic heterocycles. The van der Waals surface area contributed by atoms with E-state index in [1.807, 2.05) is 0 Å². The third-order valence-electron chi connectivity index (χ3n) is 1.78. The van der Waals surface area contributed by atoms with Gasteiger partial charge in [-0.1, -0.05) is 15.9 Å². The summed E-state index contributed by atoms with van der Waals surface area (Å²) in [7, 11) is 0. The summed E-state index contributed by atoms with van der Waals surface area (Å²) in [6, 6.07) is 0. The van der Waals surface area contributed by atoms with E-state index in [1.165, 1.54) is 0 Å². The quantitative estimate of drug-likeness (QED) is 0.490. The van der Waals surface area contributed by atoms with Gasteiger partial charge in [-0.2, -0.15) is 0 Å². The smallest absolute Gasteiger partial charge is 0.160 e. The Morgan fingerprint density at radius 2 is 1.64 bits per heavy atom. The maximum atomic E-state index is 5.34. The summed E-state index contributed by atoms with van der Waals surface area (Å²) in [5.41, 5.74) is 0. The van der Waals surface area contributed by atoms with Crippen LogP contribution in [-0.4, -0.2) is 51.3 Å². The Morgan fingerprint density at radius 1 is 1.00 bits per heavy atom. The Labute approximate surface area is 93.0 Å². The molecule has 0 aromatic carbocycles. The van der Waals surface area contributed by atoms with Crippen LogP contribution in [0.4, 0.5) is 0 Å². The van der Waals surface area contributed by atoms with Crippen molar-refractivity contribution in [3.05, 3.63) is 0 Å². The van der Waals surface area contributed by atoms with Gasteiger partial charge in [0, 0.05) is 11.8 Å². The maximum absolute atomic E-state index is 5.34. The monoisotopic (exact) mass is 268 g/mol. The van der Waals surface area contributed by atoms with Crippen molar-refractivity contribution in [1.82, 2.24) is 0 Å². The predicted molar refractivity (Wildman–Crippen MR) is 55.7 cm³/mol. The molecule has 84 valence electrons. The van der Waals surface area contributed by atoms with Crippen LogP contribution in [0.25, 0.3) is 0 Å². The first kappa shape index (κ1) is 12.4. The lowest BCUT2D eigenvalue weighted by atomic mass is 10.4. The van der Waals surface area contributed by atoms with Crippen LogP contribution < -0.4 is 0 Å². The van der Waals surface area contributed by atoms with Crippen LogP contribution in [0.15, 0.2) is 0 Å². The van der Waals surface area contributed by atoms with Gasteiger partial charge in [-0.15, -0.1) is 0 Å². The Hall–Kier alpha value is 0.320. The van der Waals surface area contributed by atoms with Crippen molar-refractivity contribution in [3.8, 4) is 0 Å². The number of alkyl halides is 1. The standard InChI is InChI=1S/C9H17BrO4/c10-2-4-12-6-5-11-3-1-9-13-7-8-14-9/h9H,1-8H2. The fourth-order valence-corrected chi connectivity index (χ4v) is 1.36. The molecule has 0 aliphatic carbocycles. The highest BCUT2D eigenvalue weighted by Crippen LogP contribution is 2.07. The lowest BCUT2D eigenvalue weighted by Gasteiger charge is -2.09. The van der Waals surface area contributed by atoms with Gasteiger partial charge >= 0.3 is 0 Å². The van der Waals surface area contributed by atoms with Gasteiger partial charge in [0.15, 0.2) is 6.29 Å². The van der Waals surface area contributed by atoms with Gasteiger partial charge in [0.1, 0.15) is 0 Å². The molecule has 14 heavy (non-hydrogen) atoms. The van der Waals surface area contributed by atoms with Crippen molar-refractivity contribution >= 4 is 15.9 Å². The summed E-state index contributed by atoms with van der Waals surface area (Å²) >= 11 is 3.28. The van der Waals surface area contributed by atoms with Crippen molar-refractivity contribution in [3.63, 3.8) is 0 Å². The average molecular weight is 269 g/mol. The Balaban J connectivity index is 1.75. The normalized spacial score (nSPS) is 17.8. The molecular formula is C9H17BrO4. The van der Waals surface area contributed by atoms with Crippen LogP contribution in [0, 0.1) is 0 Å². The molecule has 0 N–H and O–H groups in total. The van der Waals surface area contributed by atoms with E-state index in [4.69, 9.17) is 18.9 Å². The second-order valence-electron chi connectivity index (χ2n) is 2.87. The average Bonchev–Trinajstić information content (AvgIpc) is 2.69. The molecule has 1 heterocycles. The summed E-state index contributed by atoms with van der Waals surface area (Å²) in [6.45, 7) is 4.11. The summed E-state index contributed by atoms with van der Waals surface area (Å²) in [5.74, 6) is 0. The van der Waals surface area contributed by atoms with E-state index in [2.05, 4.69) is 15.9 Å². The molecule has 0 bridgehead atoms. The summed E-state index contributed by atoms with van der Waals surface area (Å²) in [6.07, 6.45) is 0.747. The van der Waals surface area contributed by atoms with Crippen LogP contribution >= 0.6 is 15.9 Å². The highest BCUT2D eigenvalue weighted by atomic mass is 79.9. The van der Waals surface area contributed by atoms with E-state index < -0.39 is 0 Å². The van der Waals surface area contributed by atoms with Crippen molar-refractivity contribution in [1.29, 1.82) is 0 Å². The van der Waals surface area contributed by atoms with Crippen LogP contribution in [0.1, 0.15) is 6.42 Å². The maximum Gasteiger partial charge on any atom is 0.160 e. The van der Waals surface area contributed by atoms with Gasteiger partial charge in [-0.05, 0) is 0 Å². The Morgan fingerprint density at radius 3 is 2.29 bits per heavy atom. The number of ether oxygens (including phenoxy) is 4. The molecule has 1 saturated heterocycles. The predicted octanol–water partition coefficient (Wildman–Crippen LogP) is 1.18. The second-order valence-corrected chi connectivity index (χ2v) is 3.67. The third kappa shape index (κ3) is 5.93. The van der Waals surface area contributed by atoms with E-state index in [1.54, 1.807) is 0 Å². The molecule has 0 amide bonds. The van der Waals surface area contributed by atoms with Gasteiger partial charge in [0.25, 0.3) is 0 Å². The zero-order chi connectivity index (χ0) is 10.1. The van der Waals surface area contributed by atoms with E-state index in [9.17, 15) is 0 Å². The van der Waals surface area contributed by atoms with Gasteiger partial charge in [0.2, 0.25) is 0 Å². The van der Waals surface area contributed by atoms with Crippen molar-refractivity contribution in [2.45, 2.75) is 12.7 Å².